The van der Waals surface area contributed by atoms with Crippen LogP contribution in [0.4, 0.5) is 15.8 Å². The molecule has 1 aliphatic rings. The minimum atomic E-state index is -0.187. The third kappa shape index (κ3) is 2.06. The molecule has 2 nitrogen and oxygen atoms in total. The fraction of sp³-hybridized carbons (Fsp3) is 0.500. The van der Waals surface area contributed by atoms with Crippen molar-refractivity contribution in [3.63, 3.8) is 0 Å². The van der Waals surface area contributed by atoms with Crippen LogP contribution in [-0.4, -0.2) is 12.6 Å². The van der Waals surface area contributed by atoms with Crippen molar-refractivity contribution in [3.05, 3.63) is 24.0 Å². The average Bonchev–Trinajstić information content (AvgIpc) is 2.27. The van der Waals surface area contributed by atoms with E-state index in [1.54, 1.807) is 12.1 Å². The van der Waals surface area contributed by atoms with Crippen molar-refractivity contribution in [1.29, 1.82) is 0 Å². The van der Waals surface area contributed by atoms with Crippen molar-refractivity contribution in [2.75, 3.05) is 17.2 Å². The summed E-state index contributed by atoms with van der Waals surface area (Å²) in [5.74, 6) is 0.404. The van der Waals surface area contributed by atoms with Crippen molar-refractivity contribution in [3.8, 4) is 0 Å². The number of fused-ring (bicyclic) bond motifs is 1. The Morgan fingerprint density at radius 3 is 3.00 bits per heavy atom. The van der Waals surface area contributed by atoms with Gasteiger partial charge in [-0.1, -0.05) is 20.3 Å². The molecular weight excluding hydrogens is 191 g/mol. The Morgan fingerprint density at radius 1 is 1.47 bits per heavy atom. The summed E-state index contributed by atoms with van der Waals surface area (Å²) in [4.78, 5) is 0. The first kappa shape index (κ1) is 10.3. The molecular formula is C12H17FN2. The highest BCUT2D eigenvalue weighted by molar-refractivity contribution is 5.71. The van der Waals surface area contributed by atoms with Crippen molar-refractivity contribution >= 4 is 11.4 Å². The minimum Gasteiger partial charge on any atom is -0.381 e. The van der Waals surface area contributed by atoms with E-state index < -0.39 is 0 Å². The van der Waals surface area contributed by atoms with Crippen molar-refractivity contribution in [2.24, 2.45) is 5.92 Å². The van der Waals surface area contributed by atoms with E-state index in [0.717, 1.165) is 24.3 Å². The summed E-state index contributed by atoms with van der Waals surface area (Å²) in [5, 5.41) is 6.71. The fourth-order valence-corrected chi connectivity index (χ4v) is 1.89. The molecule has 0 saturated carbocycles. The van der Waals surface area contributed by atoms with Gasteiger partial charge in [-0.2, -0.15) is 0 Å². The van der Waals surface area contributed by atoms with Gasteiger partial charge >= 0.3 is 0 Å². The number of anilines is 2. The topological polar surface area (TPSA) is 24.1 Å². The van der Waals surface area contributed by atoms with Crippen molar-refractivity contribution in [2.45, 2.75) is 26.3 Å². The van der Waals surface area contributed by atoms with Crippen LogP contribution in [0.3, 0.4) is 0 Å². The quantitative estimate of drug-likeness (QED) is 0.780. The minimum absolute atomic E-state index is 0.187. The SMILES string of the molecule is CCC(C)C1CNc2ccc(F)cc2N1. The third-order valence-corrected chi connectivity index (χ3v) is 3.17. The Bertz CT molecular complexity index is 351. The van der Waals surface area contributed by atoms with E-state index in [4.69, 9.17) is 0 Å². The summed E-state index contributed by atoms with van der Waals surface area (Å²) in [5.41, 5.74) is 1.88. The van der Waals surface area contributed by atoms with E-state index in [0.29, 0.717) is 12.0 Å². The molecule has 1 aliphatic heterocycles. The Kier molecular flexibility index (Phi) is 2.80. The predicted octanol–water partition coefficient (Wildman–Crippen LogP) is 3.08. The zero-order chi connectivity index (χ0) is 10.8. The Balaban J connectivity index is 2.18. The standard InChI is InChI=1S/C12H17FN2/c1-3-8(2)12-7-14-10-5-4-9(13)6-11(10)15-12/h4-6,8,12,14-15H,3,7H2,1-2H3. The first-order chi connectivity index (χ1) is 7.20. The van der Waals surface area contributed by atoms with Crippen LogP contribution in [0.25, 0.3) is 0 Å². The number of rotatable bonds is 2. The lowest BCUT2D eigenvalue weighted by molar-refractivity contribution is 0.477. The Labute approximate surface area is 89.9 Å². The van der Waals surface area contributed by atoms with Crippen LogP contribution in [0, 0.1) is 11.7 Å². The van der Waals surface area contributed by atoms with Gasteiger partial charge in [0.2, 0.25) is 0 Å². The summed E-state index contributed by atoms with van der Waals surface area (Å²) in [6.45, 7) is 5.30. The van der Waals surface area contributed by atoms with E-state index >= 15 is 0 Å². The normalized spacial score (nSPS) is 21.1. The van der Waals surface area contributed by atoms with Crippen LogP contribution >= 0.6 is 0 Å². The smallest absolute Gasteiger partial charge is 0.125 e. The van der Waals surface area contributed by atoms with E-state index in [9.17, 15) is 4.39 Å². The van der Waals surface area contributed by atoms with Gasteiger partial charge in [-0.3, -0.25) is 0 Å². The third-order valence-electron chi connectivity index (χ3n) is 3.17. The number of halogens is 1. The molecule has 3 heteroatoms. The highest BCUT2D eigenvalue weighted by atomic mass is 19.1. The number of nitrogens with one attached hydrogen (secondary N) is 2. The maximum atomic E-state index is 13.0. The van der Waals surface area contributed by atoms with Gasteiger partial charge in [0.1, 0.15) is 5.82 Å². The van der Waals surface area contributed by atoms with Crippen LogP contribution in [0.2, 0.25) is 0 Å². The molecule has 0 saturated heterocycles. The second-order valence-corrected chi connectivity index (χ2v) is 4.21. The second kappa shape index (κ2) is 4.09. The molecule has 2 unspecified atom stereocenters. The molecule has 0 radical (unpaired) electrons. The Morgan fingerprint density at radius 2 is 2.27 bits per heavy atom. The molecule has 2 atom stereocenters. The summed E-state index contributed by atoms with van der Waals surface area (Å²) in [6.07, 6.45) is 1.13. The van der Waals surface area contributed by atoms with Crippen molar-refractivity contribution < 1.29 is 4.39 Å². The lowest BCUT2D eigenvalue weighted by atomic mass is 9.97. The van der Waals surface area contributed by atoms with Gasteiger partial charge in [-0.05, 0) is 24.1 Å². The molecule has 82 valence electrons. The number of hydrogen-bond donors (Lipinski definition) is 2. The van der Waals surface area contributed by atoms with Gasteiger partial charge < -0.3 is 10.6 Å². The van der Waals surface area contributed by atoms with Gasteiger partial charge in [0.05, 0.1) is 11.4 Å². The summed E-state index contributed by atoms with van der Waals surface area (Å²) in [7, 11) is 0. The average molecular weight is 208 g/mol. The highest BCUT2D eigenvalue weighted by Crippen LogP contribution is 2.29. The zero-order valence-electron chi connectivity index (χ0n) is 9.18. The maximum Gasteiger partial charge on any atom is 0.125 e. The Hall–Kier alpha value is -1.25. The molecule has 1 heterocycles. The molecule has 2 rings (SSSR count). The van der Waals surface area contributed by atoms with Gasteiger partial charge in [0.15, 0.2) is 0 Å². The zero-order valence-corrected chi connectivity index (χ0v) is 9.18. The fourth-order valence-electron chi connectivity index (χ4n) is 1.89. The highest BCUT2D eigenvalue weighted by Gasteiger charge is 2.21. The number of hydrogen-bond acceptors (Lipinski definition) is 2. The van der Waals surface area contributed by atoms with Crippen LogP contribution < -0.4 is 10.6 Å². The first-order valence-electron chi connectivity index (χ1n) is 5.50. The molecule has 2 N–H and O–H groups in total. The molecule has 0 bridgehead atoms. The van der Waals surface area contributed by atoms with Gasteiger partial charge in [0, 0.05) is 12.6 Å². The van der Waals surface area contributed by atoms with Crippen molar-refractivity contribution in [1.82, 2.24) is 0 Å². The van der Waals surface area contributed by atoms with Crippen LogP contribution in [0.1, 0.15) is 20.3 Å². The predicted molar refractivity (Wildman–Crippen MR) is 61.8 cm³/mol. The summed E-state index contributed by atoms with van der Waals surface area (Å²) < 4.78 is 13.0. The van der Waals surface area contributed by atoms with E-state index in [1.165, 1.54) is 6.07 Å². The van der Waals surface area contributed by atoms with E-state index in [-0.39, 0.29) is 5.82 Å². The molecule has 15 heavy (non-hydrogen) atoms. The first-order valence-corrected chi connectivity index (χ1v) is 5.50. The maximum absolute atomic E-state index is 13.0. The number of benzene rings is 1. The summed E-state index contributed by atoms with van der Waals surface area (Å²) in [6, 6.07) is 5.21. The van der Waals surface area contributed by atoms with Crippen LogP contribution in [-0.2, 0) is 0 Å². The van der Waals surface area contributed by atoms with E-state index in [1.807, 2.05) is 0 Å². The lowest BCUT2D eigenvalue weighted by Gasteiger charge is -2.32. The van der Waals surface area contributed by atoms with Gasteiger partial charge in [0.25, 0.3) is 0 Å². The molecule has 0 aliphatic carbocycles. The van der Waals surface area contributed by atoms with Gasteiger partial charge in [-0.15, -0.1) is 0 Å². The van der Waals surface area contributed by atoms with E-state index in [2.05, 4.69) is 24.5 Å². The van der Waals surface area contributed by atoms with Crippen LogP contribution in [0.15, 0.2) is 18.2 Å². The lowest BCUT2D eigenvalue weighted by Crippen LogP contribution is -2.37. The molecule has 0 aromatic heterocycles. The molecule has 1 aromatic rings. The molecule has 0 amide bonds. The largest absolute Gasteiger partial charge is 0.381 e. The monoisotopic (exact) mass is 208 g/mol. The van der Waals surface area contributed by atoms with Crippen LogP contribution in [0.5, 0.6) is 0 Å². The molecule has 0 spiro atoms. The second-order valence-electron chi connectivity index (χ2n) is 4.21. The van der Waals surface area contributed by atoms with Gasteiger partial charge in [-0.25, -0.2) is 4.39 Å². The molecule has 0 fully saturated rings. The molecule has 1 aromatic carbocycles. The summed E-state index contributed by atoms with van der Waals surface area (Å²) >= 11 is 0.